The summed E-state index contributed by atoms with van der Waals surface area (Å²) in [6.07, 6.45) is 2.95. The van der Waals surface area contributed by atoms with Gasteiger partial charge in [-0.1, -0.05) is 6.42 Å². The van der Waals surface area contributed by atoms with Crippen LogP contribution in [0.3, 0.4) is 0 Å². The van der Waals surface area contributed by atoms with E-state index < -0.39 is 0 Å². The van der Waals surface area contributed by atoms with Crippen LogP contribution in [0.5, 0.6) is 0 Å². The van der Waals surface area contributed by atoms with Crippen molar-refractivity contribution in [2.75, 3.05) is 40.3 Å². The molecule has 2 aliphatic rings. The van der Waals surface area contributed by atoms with Crippen molar-refractivity contribution in [2.45, 2.75) is 38.3 Å². The Morgan fingerprint density at radius 3 is 2.79 bits per heavy atom. The molecule has 0 aromatic heterocycles. The van der Waals surface area contributed by atoms with Crippen LogP contribution in [-0.4, -0.2) is 68.1 Å². The van der Waals surface area contributed by atoms with E-state index in [2.05, 4.69) is 29.2 Å². The SMILES string of the molecule is CN1CCN(C)C(CNC(=O)C2(C)CCCC2N)C1. The van der Waals surface area contributed by atoms with E-state index in [9.17, 15) is 4.79 Å². The third-order valence-corrected chi connectivity index (χ3v) is 5.03. The molecule has 1 amide bonds. The number of carbonyl (C=O) groups excluding carboxylic acids is 1. The molecule has 0 bridgehead atoms. The Morgan fingerprint density at radius 2 is 2.16 bits per heavy atom. The van der Waals surface area contributed by atoms with Gasteiger partial charge in [-0.05, 0) is 33.9 Å². The highest BCUT2D eigenvalue weighted by atomic mass is 16.2. The summed E-state index contributed by atoms with van der Waals surface area (Å²) in [5, 5.41) is 3.13. The number of carbonyl (C=O) groups is 1. The van der Waals surface area contributed by atoms with Crippen molar-refractivity contribution in [1.29, 1.82) is 0 Å². The summed E-state index contributed by atoms with van der Waals surface area (Å²) >= 11 is 0. The fourth-order valence-corrected chi connectivity index (χ4v) is 3.21. The molecule has 1 aliphatic heterocycles. The number of likely N-dealkylation sites (N-methyl/N-ethyl adjacent to an activating group) is 2. The minimum absolute atomic E-state index is 0.0132. The fraction of sp³-hybridized carbons (Fsp3) is 0.929. The molecule has 1 aliphatic carbocycles. The zero-order valence-corrected chi connectivity index (χ0v) is 12.5. The van der Waals surface area contributed by atoms with Gasteiger partial charge in [-0.3, -0.25) is 9.69 Å². The van der Waals surface area contributed by atoms with E-state index in [0.29, 0.717) is 6.04 Å². The average molecular weight is 268 g/mol. The first kappa shape index (κ1) is 14.8. The lowest BCUT2D eigenvalue weighted by Gasteiger charge is -2.38. The number of nitrogens with two attached hydrogens (primary N) is 1. The predicted octanol–water partition coefficient (Wildman–Crippen LogP) is -0.134. The predicted molar refractivity (Wildman–Crippen MR) is 76.9 cm³/mol. The normalized spacial score (nSPS) is 37.5. The topological polar surface area (TPSA) is 61.6 Å². The van der Waals surface area contributed by atoms with Gasteiger partial charge in [0.2, 0.25) is 5.91 Å². The smallest absolute Gasteiger partial charge is 0.227 e. The van der Waals surface area contributed by atoms with Crippen LogP contribution in [0.15, 0.2) is 0 Å². The third-order valence-electron chi connectivity index (χ3n) is 5.03. The Bertz CT molecular complexity index is 335. The molecule has 3 atom stereocenters. The van der Waals surface area contributed by atoms with Crippen molar-refractivity contribution in [3.63, 3.8) is 0 Å². The van der Waals surface area contributed by atoms with Crippen LogP contribution in [0.4, 0.5) is 0 Å². The summed E-state index contributed by atoms with van der Waals surface area (Å²) < 4.78 is 0. The van der Waals surface area contributed by atoms with E-state index in [1.807, 2.05) is 6.92 Å². The van der Waals surface area contributed by atoms with Crippen molar-refractivity contribution < 1.29 is 4.79 Å². The van der Waals surface area contributed by atoms with Gasteiger partial charge in [-0.2, -0.15) is 0 Å². The average Bonchev–Trinajstić information content (AvgIpc) is 2.71. The number of amides is 1. The van der Waals surface area contributed by atoms with Crippen molar-refractivity contribution in [2.24, 2.45) is 11.1 Å². The maximum atomic E-state index is 12.4. The first-order chi connectivity index (χ1) is 8.93. The molecular weight excluding hydrogens is 240 g/mol. The zero-order valence-electron chi connectivity index (χ0n) is 12.5. The monoisotopic (exact) mass is 268 g/mol. The van der Waals surface area contributed by atoms with Crippen LogP contribution in [0.25, 0.3) is 0 Å². The highest BCUT2D eigenvalue weighted by Gasteiger charge is 2.43. The van der Waals surface area contributed by atoms with Crippen LogP contribution in [0.1, 0.15) is 26.2 Å². The summed E-state index contributed by atoms with van der Waals surface area (Å²) in [6.45, 7) is 5.91. The second kappa shape index (κ2) is 5.77. The van der Waals surface area contributed by atoms with Crippen LogP contribution >= 0.6 is 0 Å². The van der Waals surface area contributed by atoms with Crippen LogP contribution in [0, 0.1) is 5.41 Å². The number of hydrogen-bond donors (Lipinski definition) is 2. The second-order valence-corrected chi connectivity index (χ2v) is 6.52. The number of piperazine rings is 1. The Labute approximate surface area is 116 Å². The van der Waals surface area contributed by atoms with Gasteiger partial charge < -0.3 is 16.0 Å². The first-order valence-corrected chi connectivity index (χ1v) is 7.36. The van der Waals surface area contributed by atoms with Crippen molar-refractivity contribution in [3.05, 3.63) is 0 Å². The summed E-state index contributed by atoms with van der Waals surface area (Å²) in [7, 11) is 4.27. The molecule has 5 heteroatoms. The Balaban J connectivity index is 1.86. The standard InChI is InChI=1S/C14H28N4O/c1-14(6-4-5-12(14)15)13(19)16-9-11-10-17(2)7-8-18(11)3/h11-12H,4-10,15H2,1-3H3,(H,16,19). The lowest BCUT2D eigenvalue weighted by Crippen LogP contribution is -2.56. The maximum absolute atomic E-state index is 12.4. The molecule has 2 fully saturated rings. The molecule has 1 saturated heterocycles. The molecule has 3 unspecified atom stereocenters. The molecule has 0 aromatic rings. The summed E-state index contributed by atoms with van der Waals surface area (Å²) in [6, 6.07) is 0.420. The van der Waals surface area contributed by atoms with Gasteiger partial charge in [0.15, 0.2) is 0 Å². The van der Waals surface area contributed by atoms with Crippen LogP contribution in [0.2, 0.25) is 0 Å². The van der Waals surface area contributed by atoms with Gasteiger partial charge >= 0.3 is 0 Å². The number of hydrogen-bond acceptors (Lipinski definition) is 4. The molecule has 0 spiro atoms. The maximum Gasteiger partial charge on any atom is 0.227 e. The van der Waals surface area contributed by atoms with Gasteiger partial charge in [-0.25, -0.2) is 0 Å². The highest BCUT2D eigenvalue weighted by molar-refractivity contribution is 5.83. The first-order valence-electron chi connectivity index (χ1n) is 7.36. The summed E-state index contributed by atoms with van der Waals surface area (Å²) in [4.78, 5) is 17.0. The molecule has 0 aromatic carbocycles. The minimum Gasteiger partial charge on any atom is -0.354 e. The lowest BCUT2D eigenvalue weighted by atomic mass is 9.84. The van der Waals surface area contributed by atoms with Crippen molar-refractivity contribution in [1.82, 2.24) is 15.1 Å². The number of nitrogens with one attached hydrogen (secondary N) is 1. The summed E-state index contributed by atoms with van der Waals surface area (Å²) in [5.41, 5.74) is 5.73. The van der Waals surface area contributed by atoms with Crippen LogP contribution < -0.4 is 11.1 Å². The molecule has 110 valence electrons. The van der Waals surface area contributed by atoms with E-state index >= 15 is 0 Å². The van der Waals surface area contributed by atoms with Crippen LogP contribution in [-0.2, 0) is 4.79 Å². The quantitative estimate of drug-likeness (QED) is 0.748. The van der Waals surface area contributed by atoms with Gasteiger partial charge in [0.1, 0.15) is 0 Å². The molecule has 1 saturated carbocycles. The zero-order chi connectivity index (χ0) is 14.0. The molecule has 0 radical (unpaired) electrons. The van der Waals surface area contributed by atoms with Gasteiger partial charge in [0.25, 0.3) is 0 Å². The van der Waals surface area contributed by atoms with Gasteiger partial charge in [0, 0.05) is 38.3 Å². The number of rotatable bonds is 3. The van der Waals surface area contributed by atoms with Gasteiger partial charge in [-0.15, -0.1) is 0 Å². The molecule has 5 nitrogen and oxygen atoms in total. The van der Waals surface area contributed by atoms with Gasteiger partial charge in [0.05, 0.1) is 5.41 Å². The Morgan fingerprint density at radius 1 is 1.42 bits per heavy atom. The minimum atomic E-state index is -0.362. The Kier molecular flexibility index (Phi) is 4.48. The molecule has 19 heavy (non-hydrogen) atoms. The largest absolute Gasteiger partial charge is 0.354 e. The highest BCUT2D eigenvalue weighted by Crippen LogP contribution is 2.36. The van der Waals surface area contributed by atoms with Crippen molar-refractivity contribution in [3.8, 4) is 0 Å². The molecular formula is C14H28N4O. The van der Waals surface area contributed by atoms with E-state index in [0.717, 1.165) is 45.4 Å². The lowest BCUT2D eigenvalue weighted by molar-refractivity contribution is -0.130. The van der Waals surface area contributed by atoms with E-state index in [-0.39, 0.29) is 17.4 Å². The third kappa shape index (κ3) is 3.09. The summed E-state index contributed by atoms with van der Waals surface area (Å²) in [5.74, 6) is 0.138. The van der Waals surface area contributed by atoms with Crippen molar-refractivity contribution >= 4 is 5.91 Å². The van der Waals surface area contributed by atoms with E-state index in [1.165, 1.54) is 0 Å². The fourth-order valence-electron chi connectivity index (χ4n) is 3.21. The number of nitrogens with zero attached hydrogens (tertiary/aromatic N) is 2. The van der Waals surface area contributed by atoms with E-state index in [4.69, 9.17) is 5.73 Å². The Hall–Kier alpha value is -0.650. The molecule has 1 heterocycles. The molecule has 3 N–H and O–H groups in total. The van der Waals surface area contributed by atoms with E-state index in [1.54, 1.807) is 0 Å². The molecule has 2 rings (SSSR count). The second-order valence-electron chi connectivity index (χ2n) is 6.52.